The fraction of sp³-hybridized carbons (Fsp3) is 0.579. The van der Waals surface area contributed by atoms with Crippen LogP contribution in [0.3, 0.4) is 0 Å². The predicted octanol–water partition coefficient (Wildman–Crippen LogP) is 0.798. The van der Waals surface area contributed by atoms with Crippen LogP contribution in [0.5, 0.6) is 5.75 Å². The van der Waals surface area contributed by atoms with Gasteiger partial charge in [-0.25, -0.2) is 0 Å². The predicted molar refractivity (Wildman–Crippen MR) is 93.2 cm³/mol. The van der Waals surface area contributed by atoms with Gasteiger partial charge in [-0.15, -0.1) is 0 Å². The molecule has 2 saturated heterocycles. The molecule has 3 heterocycles. The number of ether oxygens (including phenoxy) is 2. The highest BCUT2D eigenvalue weighted by Gasteiger charge is 2.57. The number of carboxylic acids is 1. The molecule has 0 bridgehead atoms. The Bertz CT molecular complexity index is 703. The number of benzene rings is 1. The number of para-hydroxylation sites is 1. The largest absolute Gasteiger partial charge is 0.492 e. The highest BCUT2D eigenvalue weighted by Crippen LogP contribution is 2.49. The lowest BCUT2D eigenvalue weighted by Crippen LogP contribution is -2.46. The van der Waals surface area contributed by atoms with E-state index in [1.54, 1.807) is 4.90 Å². The zero-order valence-electron chi connectivity index (χ0n) is 14.7. The SMILES string of the molecule is O=C(CCN1CCOCC1)N1C[C@@H]2c3ccccc3OC[C@]2(C(=O)O)C1. The van der Waals surface area contributed by atoms with Crippen molar-refractivity contribution in [2.75, 3.05) is 52.5 Å². The molecule has 1 N–H and O–H groups in total. The van der Waals surface area contributed by atoms with E-state index in [2.05, 4.69) is 4.90 Å². The summed E-state index contributed by atoms with van der Waals surface area (Å²) in [5.74, 6) is -0.362. The number of hydrogen-bond acceptors (Lipinski definition) is 5. The number of aliphatic carboxylic acids is 1. The Labute approximate surface area is 152 Å². The van der Waals surface area contributed by atoms with E-state index in [1.165, 1.54) is 0 Å². The third-order valence-electron chi connectivity index (χ3n) is 5.85. The summed E-state index contributed by atoms with van der Waals surface area (Å²) in [6.45, 7) is 4.55. The van der Waals surface area contributed by atoms with Gasteiger partial charge < -0.3 is 19.5 Å². The summed E-state index contributed by atoms with van der Waals surface area (Å²) < 4.78 is 11.1. The van der Waals surface area contributed by atoms with Crippen molar-refractivity contribution in [3.8, 4) is 5.75 Å². The number of amides is 1. The Morgan fingerprint density at radius 3 is 2.77 bits per heavy atom. The Hall–Kier alpha value is -2.12. The van der Waals surface area contributed by atoms with E-state index in [-0.39, 0.29) is 25.0 Å². The van der Waals surface area contributed by atoms with E-state index in [0.29, 0.717) is 32.7 Å². The Morgan fingerprint density at radius 1 is 1.23 bits per heavy atom. The second-order valence-electron chi connectivity index (χ2n) is 7.32. The molecule has 3 aliphatic rings. The van der Waals surface area contributed by atoms with Crippen molar-refractivity contribution >= 4 is 11.9 Å². The first-order valence-electron chi connectivity index (χ1n) is 9.13. The molecule has 0 radical (unpaired) electrons. The van der Waals surface area contributed by atoms with Gasteiger partial charge in [0.1, 0.15) is 17.8 Å². The maximum absolute atomic E-state index is 12.7. The zero-order chi connectivity index (χ0) is 18.1. The number of rotatable bonds is 4. The topological polar surface area (TPSA) is 79.3 Å². The number of carbonyl (C=O) groups is 2. The molecule has 0 aromatic heterocycles. The van der Waals surface area contributed by atoms with Crippen LogP contribution in [-0.4, -0.2) is 79.3 Å². The van der Waals surface area contributed by atoms with Gasteiger partial charge in [-0.1, -0.05) is 18.2 Å². The van der Waals surface area contributed by atoms with Crippen LogP contribution in [0.15, 0.2) is 24.3 Å². The van der Waals surface area contributed by atoms with Crippen LogP contribution in [0.4, 0.5) is 0 Å². The van der Waals surface area contributed by atoms with E-state index in [4.69, 9.17) is 9.47 Å². The molecule has 140 valence electrons. The van der Waals surface area contributed by atoms with E-state index in [0.717, 1.165) is 24.4 Å². The molecular weight excluding hydrogens is 336 g/mol. The third-order valence-corrected chi connectivity index (χ3v) is 5.85. The van der Waals surface area contributed by atoms with Gasteiger partial charge in [0, 0.05) is 50.6 Å². The summed E-state index contributed by atoms with van der Waals surface area (Å²) in [4.78, 5) is 28.8. The van der Waals surface area contributed by atoms with Gasteiger partial charge in [0.15, 0.2) is 0 Å². The molecule has 1 amide bonds. The van der Waals surface area contributed by atoms with Crippen molar-refractivity contribution < 1.29 is 24.2 Å². The summed E-state index contributed by atoms with van der Waals surface area (Å²) in [6.07, 6.45) is 0.408. The smallest absolute Gasteiger partial charge is 0.315 e. The molecule has 4 rings (SSSR count). The fourth-order valence-electron chi connectivity index (χ4n) is 4.26. The molecule has 0 unspecified atom stereocenters. The lowest BCUT2D eigenvalue weighted by atomic mass is 9.73. The van der Waals surface area contributed by atoms with Gasteiger partial charge >= 0.3 is 5.97 Å². The highest BCUT2D eigenvalue weighted by atomic mass is 16.5. The molecule has 26 heavy (non-hydrogen) atoms. The number of carboxylic acid groups (broad SMARTS) is 1. The molecule has 3 aliphatic heterocycles. The van der Waals surface area contributed by atoms with Gasteiger partial charge in [-0.05, 0) is 6.07 Å². The van der Waals surface area contributed by atoms with Crippen molar-refractivity contribution in [3.63, 3.8) is 0 Å². The van der Waals surface area contributed by atoms with E-state index >= 15 is 0 Å². The van der Waals surface area contributed by atoms with Crippen LogP contribution in [0.25, 0.3) is 0 Å². The minimum atomic E-state index is -1.05. The molecule has 0 aliphatic carbocycles. The number of likely N-dealkylation sites (tertiary alicyclic amines) is 1. The number of morpholine rings is 1. The average molecular weight is 360 g/mol. The summed E-state index contributed by atoms with van der Waals surface area (Å²) >= 11 is 0. The summed E-state index contributed by atoms with van der Waals surface area (Å²) in [7, 11) is 0. The van der Waals surface area contributed by atoms with Crippen molar-refractivity contribution in [2.45, 2.75) is 12.3 Å². The molecule has 7 nitrogen and oxygen atoms in total. The minimum Gasteiger partial charge on any atom is -0.492 e. The van der Waals surface area contributed by atoms with Crippen LogP contribution >= 0.6 is 0 Å². The lowest BCUT2D eigenvalue weighted by molar-refractivity contribution is -0.152. The quantitative estimate of drug-likeness (QED) is 0.856. The van der Waals surface area contributed by atoms with Crippen molar-refractivity contribution in [1.82, 2.24) is 9.80 Å². The van der Waals surface area contributed by atoms with E-state index < -0.39 is 11.4 Å². The highest BCUT2D eigenvalue weighted by molar-refractivity contribution is 5.83. The monoisotopic (exact) mass is 360 g/mol. The second kappa shape index (κ2) is 6.89. The van der Waals surface area contributed by atoms with Gasteiger partial charge in [0.25, 0.3) is 0 Å². The molecule has 1 aromatic rings. The second-order valence-corrected chi connectivity index (χ2v) is 7.32. The molecule has 2 fully saturated rings. The van der Waals surface area contributed by atoms with Crippen LogP contribution in [-0.2, 0) is 14.3 Å². The van der Waals surface area contributed by atoms with Gasteiger partial charge in [-0.2, -0.15) is 0 Å². The third kappa shape index (κ3) is 2.95. The number of nitrogens with zero attached hydrogens (tertiary/aromatic N) is 2. The first-order valence-corrected chi connectivity index (χ1v) is 9.13. The molecule has 7 heteroatoms. The standard InChI is InChI=1S/C19H24N2O5/c22-17(5-6-20-7-9-25-10-8-20)21-11-15-14-3-1-2-4-16(14)26-13-19(15,12-21)18(23)24/h1-4,15H,5-13H2,(H,23,24)/t15-,19-/m1/s1. The lowest BCUT2D eigenvalue weighted by Gasteiger charge is -2.35. The molecule has 0 spiro atoms. The maximum atomic E-state index is 12.7. The average Bonchev–Trinajstić information content (AvgIpc) is 3.09. The van der Waals surface area contributed by atoms with Crippen LogP contribution in [0.2, 0.25) is 0 Å². The Morgan fingerprint density at radius 2 is 2.00 bits per heavy atom. The first-order chi connectivity index (χ1) is 12.6. The fourth-order valence-corrected chi connectivity index (χ4v) is 4.26. The van der Waals surface area contributed by atoms with E-state index in [9.17, 15) is 14.7 Å². The summed E-state index contributed by atoms with van der Waals surface area (Å²) in [5, 5.41) is 9.92. The maximum Gasteiger partial charge on any atom is 0.315 e. The van der Waals surface area contributed by atoms with Gasteiger partial charge in [0.2, 0.25) is 5.91 Å². The molecular formula is C19H24N2O5. The van der Waals surface area contributed by atoms with Crippen molar-refractivity contribution in [1.29, 1.82) is 0 Å². The number of hydrogen-bond donors (Lipinski definition) is 1. The Balaban J connectivity index is 1.48. The molecule has 1 aromatic carbocycles. The van der Waals surface area contributed by atoms with Crippen LogP contribution < -0.4 is 4.74 Å². The van der Waals surface area contributed by atoms with Crippen molar-refractivity contribution in [2.24, 2.45) is 5.41 Å². The minimum absolute atomic E-state index is 0.0176. The zero-order valence-corrected chi connectivity index (χ0v) is 14.7. The van der Waals surface area contributed by atoms with Gasteiger partial charge in [0.05, 0.1) is 13.2 Å². The normalized spacial score (nSPS) is 28.2. The summed E-state index contributed by atoms with van der Waals surface area (Å²) in [6, 6.07) is 7.55. The van der Waals surface area contributed by atoms with Crippen molar-refractivity contribution in [3.05, 3.63) is 29.8 Å². The van der Waals surface area contributed by atoms with E-state index in [1.807, 2.05) is 24.3 Å². The van der Waals surface area contributed by atoms with Gasteiger partial charge in [-0.3, -0.25) is 14.5 Å². The molecule has 2 atom stereocenters. The number of carbonyl (C=O) groups excluding carboxylic acids is 1. The first kappa shape index (κ1) is 17.3. The van der Waals surface area contributed by atoms with Crippen LogP contribution in [0, 0.1) is 5.41 Å². The Kier molecular flexibility index (Phi) is 4.58. The summed E-state index contributed by atoms with van der Waals surface area (Å²) in [5.41, 5.74) is -0.159. The molecule has 0 saturated carbocycles. The number of fused-ring (bicyclic) bond motifs is 3. The van der Waals surface area contributed by atoms with Crippen LogP contribution in [0.1, 0.15) is 17.9 Å².